The van der Waals surface area contributed by atoms with Gasteiger partial charge in [0.25, 0.3) is 11.1 Å². The molecule has 4 rings (SSSR count). The molecule has 0 saturated carbocycles. The Kier molecular flexibility index (Phi) is 9.64. The zero-order valence-electron chi connectivity index (χ0n) is 22.7. The number of hydrogen-bond donors (Lipinski definition) is 1. The van der Waals surface area contributed by atoms with Crippen molar-refractivity contribution in [2.24, 2.45) is 0 Å². The number of aryl methyl sites for hydroxylation is 1. The number of thioether (sulfide) groups is 1. The van der Waals surface area contributed by atoms with Crippen molar-refractivity contribution in [2.75, 3.05) is 39.3 Å². The Morgan fingerprint density at radius 2 is 1.44 bits per heavy atom. The summed E-state index contributed by atoms with van der Waals surface area (Å²) in [5.41, 5.74) is 2.71. The lowest BCUT2D eigenvalue weighted by atomic mass is 10.2. The minimum absolute atomic E-state index is 0.191. The van der Waals surface area contributed by atoms with Crippen molar-refractivity contribution in [3.05, 3.63) is 82.3 Å². The van der Waals surface area contributed by atoms with Crippen LogP contribution >= 0.6 is 11.8 Å². The highest BCUT2D eigenvalue weighted by molar-refractivity contribution is 8.18. The Morgan fingerprint density at radius 3 is 2.02 bits per heavy atom. The predicted molar refractivity (Wildman–Crippen MR) is 155 cm³/mol. The molecule has 3 aromatic rings. The third-order valence-corrected chi connectivity index (χ3v) is 6.83. The van der Waals surface area contributed by atoms with Gasteiger partial charge >= 0.3 is 0 Å². The number of hydrogen-bond acceptors (Lipinski definition) is 9. The summed E-state index contributed by atoms with van der Waals surface area (Å²) in [6.07, 6.45) is 2.29. The summed E-state index contributed by atoms with van der Waals surface area (Å²) in [6.45, 7) is 1.94. The first-order valence-electron chi connectivity index (χ1n) is 12.5. The molecule has 1 saturated heterocycles. The van der Waals surface area contributed by atoms with Gasteiger partial charge in [-0.3, -0.25) is 24.1 Å². The second kappa shape index (κ2) is 13.5. The Balaban J connectivity index is 1.35. The Bertz CT molecular complexity index is 1490. The molecule has 0 radical (unpaired) electrons. The Morgan fingerprint density at radius 1 is 0.854 bits per heavy atom. The highest BCUT2D eigenvalue weighted by Gasteiger charge is 2.36. The summed E-state index contributed by atoms with van der Waals surface area (Å²) in [4.78, 5) is 49.9. The molecule has 1 aliphatic heterocycles. The van der Waals surface area contributed by atoms with E-state index in [2.05, 4.69) is 5.32 Å². The maximum atomic E-state index is 12.9. The molecular weight excluding hydrogens is 548 g/mol. The first kappa shape index (κ1) is 29.2. The molecule has 0 spiro atoms. The molecule has 3 aromatic carbocycles. The molecule has 1 N–H and O–H groups in total. The third-order valence-electron chi connectivity index (χ3n) is 5.92. The van der Waals surface area contributed by atoms with Crippen LogP contribution < -0.4 is 24.3 Å². The van der Waals surface area contributed by atoms with E-state index in [1.54, 1.807) is 54.6 Å². The minimum atomic E-state index is -0.549. The molecule has 0 atom stereocenters. The summed E-state index contributed by atoms with van der Waals surface area (Å²) in [7, 11) is 2.98. The molecule has 0 aromatic heterocycles. The zero-order valence-corrected chi connectivity index (χ0v) is 23.5. The number of aldehydes is 1. The number of methoxy groups -OCH3 is 2. The SMILES string of the molecule is COc1cc(C=O)ccc1OCCOc1ccc(/C=C2\SC(=O)N(CC(=O)Nc3ccc(C)cc3)C2=O)cc1OC. The van der Waals surface area contributed by atoms with Crippen molar-refractivity contribution >= 4 is 46.9 Å². The van der Waals surface area contributed by atoms with Gasteiger partial charge in [-0.1, -0.05) is 23.8 Å². The van der Waals surface area contributed by atoms with Crippen molar-refractivity contribution in [1.82, 2.24) is 4.90 Å². The molecule has 41 heavy (non-hydrogen) atoms. The normalized spacial score (nSPS) is 13.7. The van der Waals surface area contributed by atoms with Crippen molar-refractivity contribution in [3.63, 3.8) is 0 Å². The van der Waals surface area contributed by atoms with Crippen LogP contribution in [-0.4, -0.2) is 62.2 Å². The number of anilines is 1. The van der Waals surface area contributed by atoms with Crippen LogP contribution in [0.25, 0.3) is 6.08 Å². The first-order valence-corrected chi connectivity index (χ1v) is 13.3. The van der Waals surface area contributed by atoms with E-state index in [1.807, 2.05) is 19.1 Å². The van der Waals surface area contributed by atoms with Gasteiger partial charge in [-0.25, -0.2) is 0 Å². The topological polar surface area (TPSA) is 120 Å². The van der Waals surface area contributed by atoms with Crippen LogP contribution in [0.1, 0.15) is 21.5 Å². The maximum absolute atomic E-state index is 12.9. The highest BCUT2D eigenvalue weighted by Crippen LogP contribution is 2.35. The number of amides is 3. The second-order valence-corrected chi connectivity index (χ2v) is 9.81. The van der Waals surface area contributed by atoms with Gasteiger partial charge in [-0.15, -0.1) is 0 Å². The van der Waals surface area contributed by atoms with Crippen LogP contribution in [0.2, 0.25) is 0 Å². The zero-order chi connectivity index (χ0) is 29.4. The van der Waals surface area contributed by atoms with Gasteiger partial charge in [0.1, 0.15) is 26.0 Å². The van der Waals surface area contributed by atoms with E-state index >= 15 is 0 Å². The van der Waals surface area contributed by atoms with Crippen LogP contribution in [0.4, 0.5) is 10.5 Å². The van der Waals surface area contributed by atoms with Crippen molar-refractivity contribution in [3.8, 4) is 23.0 Å². The summed E-state index contributed by atoms with van der Waals surface area (Å²) < 4.78 is 22.2. The smallest absolute Gasteiger partial charge is 0.294 e. The molecule has 3 amide bonds. The second-order valence-electron chi connectivity index (χ2n) is 8.82. The fraction of sp³-hybridized carbons (Fsp3) is 0.200. The molecule has 1 fully saturated rings. The standard InChI is InChI=1S/C30H28N2O8S/c1-19-4-8-22(9-5-19)31-28(34)17-32-29(35)27(41-30(32)36)16-20-6-10-23(25(14-20)37-2)39-12-13-40-24-11-7-21(18-33)15-26(24)38-3/h4-11,14-16,18H,12-13,17H2,1-3H3,(H,31,34)/b27-16-. The number of rotatable bonds is 12. The lowest BCUT2D eigenvalue weighted by molar-refractivity contribution is -0.127. The number of ether oxygens (including phenoxy) is 4. The predicted octanol–water partition coefficient (Wildman–Crippen LogP) is 4.96. The number of imide groups is 1. The van der Waals surface area contributed by atoms with Gasteiger partial charge in [0.15, 0.2) is 23.0 Å². The molecule has 10 nitrogen and oxygen atoms in total. The molecule has 0 aliphatic carbocycles. The van der Waals surface area contributed by atoms with Gasteiger partial charge in [0, 0.05) is 11.3 Å². The first-order chi connectivity index (χ1) is 19.8. The number of nitrogens with zero attached hydrogens (tertiary/aromatic N) is 1. The Labute approximate surface area is 241 Å². The minimum Gasteiger partial charge on any atom is -0.493 e. The molecule has 0 bridgehead atoms. The van der Waals surface area contributed by atoms with Crippen molar-refractivity contribution in [1.29, 1.82) is 0 Å². The fourth-order valence-corrected chi connectivity index (χ4v) is 4.68. The Hall–Kier alpha value is -4.77. The fourth-order valence-electron chi connectivity index (χ4n) is 3.84. The maximum Gasteiger partial charge on any atom is 0.294 e. The quantitative estimate of drug-likeness (QED) is 0.181. The van der Waals surface area contributed by atoms with E-state index in [1.165, 1.54) is 14.2 Å². The van der Waals surface area contributed by atoms with E-state index in [9.17, 15) is 19.2 Å². The van der Waals surface area contributed by atoms with E-state index in [4.69, 9.17) is 18.9 Å². The van der Waals surface area contributed by atoms with Gasteiger partial charge in [0.05, 0.1) is 19.1 Å². The van der Waals surface area contributed by atoms with Crippen molar-refractivity contribution in [2.45, 2.75) is 6.92 Å². The van der Waals surface area contributed by atoms with Gasteiger partial charge in [0.2, 0.25) is 5.91 Å². The molecule has 212 valence electrons. The number of carbonyl (C=O) groups excluding carboxylic acids is 4. The average molecular weight is 577 g/mol. The molecule has 11 heteroatoms. The largest absolute Gasteiger partial charge is 0.493 e. The van der Waals surface area contributed by atoms with E-state index < -0.39 is 17.1 Å². The number of nitrogens with one attached hydrogen (secondary N) is 1. The molecule has 1 aliphatic rings. The summed E-state index contributed by atoms with van der Waals surface area (Å²) in [5.74, 6) is 0.771. The van der Waals surface area contributed by atoms with Gasteiger partial charge < -0.3 is 24.3 Å². The lowest BCUT2D eigenvalue weighted by Gasteiger charge is -2.14. The number of benzene rings is 3. The van der Waals surface area contributed by atoms with Crippen LogP contribution in [0.15, 0.2) is 65.6 Å². The summed E-state index contributed by atoms with van der Waals surface area (Å²) in [5, 5.41) is 2.17. The van der Waals surface area contributed by atoms with Gasteiger partial charge in [-0.05, 0) is 72.8 Å². The van der Waals surface area contributed by atoms with Gasteiger partial charge in [-0.2, -0.15) is 0 Å². The van der Waals surface area contributed by atoms with E-state index in [0.717, 1.165) is 28.5 Å². The van der Waals surface area contributed by atoms with Crippen LogP contribution in [0.3, 0.4) is 0 Å². The molecule has 0 unspecified atom stereocenters. The summed E-state index contributed by atoms with van der Waals surface area (Å²) >= 11 is 0.765. The molecule has 1 heterocycles. The average Bonchev–Trinajstić information content (AvgIpc) is 3.23. The highest BCUT2D eigenvalue weighted by atomic mass is 32.2. The van der Waals surface area contributed by atoms with E-state index in [-0.39, 0.29) is 24.7 Å². The lowest BCUT2D eigenvalue weighted by Crippen LogP contribution is -2.36. The van der Waals surface area contributed by atoms with Crippen molar-refractivity contribution < 1.29 is 38.1 Å². The number of carbonyl (C=O) groups is 4. The third kappa shape index (κ3) is 7.46. The van der Waals surface area contributed by atoms with E-state index in [0.29, 0.717) is 39.8 Å². The van der Waals surface area contributed by atoms with Crippen LogP contribution in [-0.2, 0) is 9.59 Å². The van der Waals surface area contributed by atoms with Crippen LogP contribution in [0.5, 0.6) is 23.0 Å². The summed E-state index contributed by atoms with van der Waals surface area (Å²) in [6, 6.07) is 17.1. The molecular formula is C30H28N2O8S. The monoisotopic (exact) mass is 576 g/mol. The van der Waals surface area contributed by atoms with Crippen LogP contribution in [0, 0.1) is 6.92 Å².